The maximum absolute atomic E-state index is 12.7. The minimum Gasteiger partial charge on any atom is -0.477 e. The summed E-state index contributed by atoms with van der Waals surface area (Å²) in [5.41, 5.74) is -0.588. The molecule has 0 fully saturated rings. The van der Waals surface area contributed by atoms with Crippen molar-refractivity contribution < 1.29 is 18.7 Å². The largest absolute Gasteiger partial charge is 0.477 e. The van der Waals surface area contributed by atoms with Gasteiger partial charge in [0.1, 0.15) is 11.3 Å². The summed E-state index contributed by atoms with van der Waals surface area (Å²) in [6.07, 6.45) is 0.258. The lowest BCUT2D eigenvalue weighted by atomic mass is 10.1. The molecule has 0 bridgehead atoms. The fourth-order valence-electron chi connectivity index (χ4n) is 2.28. The second kappa shape index (κ2) is 6.27. The zero-order valence-corrected chi connectivity index (χ0v) is 12.9. The zero-order valence-electron chi connectivity index (χ0n) is 12.9. The average molecular weight is 346 g/mol. The standard InChI is InChI=1S/C16H12F2N4O3/c1-21-8-11(7-19-21)22-15(23)12(16(24)25)6-13(20-22)9-2-4-10(5-3-9)14(17)18/h2-8,14H,1H3,(H,24,25). The molecular weight excluding hydrogens is 334 g/mol. The van der Waals surface area contributed by atoms with Crippen molar-refractivity contribution in [3.05, 3.63) is 64.2 Å². The number of nitrogens with zero attached hydrogens (tertiary/aromatic N) is 4. The van der Waals surface area contributed by atoms with Gasteiger partial charge in [-0.1, -0.05) is 24.3 Å². The quantitative estimate of drug-likeness (QED) is 0.783. The van der Waals surface area contributed by atoms with Crippen molar-refractivity contribution in [3.8, 4) is 16.9 Å². The number of halogens is 2. The Labute approximate surface area is 139 Å². The number of carboxylic acids is 1. The van der Waals surface area contributed by atoms with E-state index >= 15 is 0 Å². The first-order valence-corrected chi connectivity index (χ1v) is 7.12. The highest BCUT2D eigenvalue weighted by Gasteiger charge is 2.17. The summed E-state index contributed by atoms with van der Waals surface area (Å²) >= 11 is 0. The topological polar surface area (TPSA) is 90.0 Å². The molecule has 1 N–H and O–H groups in total. The molecule has 128 valence electrons. The van der Waals surface area contributed by atoms with Gasteiger partial charge in [-0.2, -0.15) is 14.9 Å². The van der Waals surface area contributed by atoms with Crippen LogP contribution in [-0.4, -0.2) is 30.6 Å². The van der Waals surface area contributed by atoms with E-state index in [2.05, 4.69) is 10.2 Å². The Balaban J connectivity index is 2.18. The second-order valence-corrected chi connectivity index (χ2v) is 5.26. The molecule has 25 heavy (non-hydrogen) atoms. The number of benzene rings is 1. The highest BCUT2D eigenvalue weighted by molar-refractivity contribution is 5.88. The van der Waals surface area contributed by atoms with Crippen LogP contribution in [0.25, 0.3) is 16.9 Å². The van der Waals surface area contributed by atoms with Gasteiger partial charge in [-0.25, -0.2) is 13.6 Å². The van der Waals surface area contributed by atoms with Crippen LogP contribution in [0.3, 0.4) is 0 Å². The third-order valence-electron chi connectivity index (χ3n) is 3.54. The summed E-state index contributed by atoms with van der Waals surface area (Å²) in [6.45, 7) is 0. The maximum atomic E-state index is 12.7. The number of carboxylic acid groups (broad SMARTS) is 1. The lowest BCUT2D eigenvalue weighted by Gasteiger charge is -2.08. The van der Waals surface area contributed by atoms with E-state index in [4.69, 9.17) is 0 Å². The van der Waals surface area contributed by atoms with Gasteiger partial charge >= 0.3 is 5.97 Å². The molecule has 0 spiro atoms. The van der Waals surface area contributed by atoms with Crippen LogP contribution in [0, 0.1) is 0 Å². The monoisotopic (exact) mass is 346 g/mol. The summed E-state index contributed by atoms with van der Waals surface area (Å²) in [5, 5.41) is 17.3. The van der Waals surface area contributed by atoms with Crippen LogP contribution < -0.4 is 5.56 Å². The van der Waals surface area contributed by atoms with Crippen molar-refractivity contribution in [1.82, 2.24) is 19.6 Å². The Kier molecular flexibility index (Phi) is 4.14. The molecule has 0 aliphatic rings. The van der Waals surface area contributed by atoms with Crippen LogP contribution >= 0.6 is 0 Å². The van der Waals surface area contributed by atoms with E-state index in [0.29, 0.717) is 11.3 Å². The fourth-order valence-corrected chi connectivity index (χ4v) is 2.28. The van der Waals surface area contributed by atoms with Crippen molar-refractivity contribution in [2.75, 3.05) is 0 Å². The number of alkyl halides is 2. The number of carbonyl (C=O) groups is 1. The Hall–Kier alpha value is -3.36. The van der Waals surface area contributed by atoms with Gasteiger partial charge in [0.2, 0.25) is 0 Å². The molecule has 7 nitrogen and oxygen atoms in total. The normalized spacial score (nSPS) is 11.0. The lowest BCUT2D eigenvalue weighted by Crippen LogP contribution is -2.27. The van der Waals surface area contributed by atoms with E-state index < -0.39 is 23.5 Å². The van der Waals surface area contributed by atoms with Gasteiger partial charge in [-0.3, -0.25) is 9.48 Å². The summed E-state index contributed by atoms with van der Waals surface area (Å²) in [6, 6.07) is 6.36. The van der Waals surface area contributed by atoms with E-state index in [1.54, 1.807) is 7.05 Å². The molecule has 0 saturated carbocycles. The number of hydrogen-bond donors (Lipinski definition) is 1. The van der Waals surface area contributed by atoms with Crippen LogP contribution in [0.4, 0.5) is 8.78 Å². The molecule has 1 aromatic carbocycles. The van der Waals surface area contributed by atoms with Crippen LogP contribution in [0.15, 0.2) is 47.5 Å². The summed E-state index contributed by atoms with van der Waals surface area (Å²) in [4.78, 5) is 23.7. The summed E-state index contributed by atoms with van der Waals surface area (Å²) in [7, 11) is 1.64. The van der Waals surface area contributed by atoms with Gasteiger partial charge in [0.15, 0.2) is 0 Å². The fraction of sp³-hybridized carbons (Fsp3) is 0.125. The van der Waals surface area contributed by atoms with Crippen molar-refractivity contribution >= 4 is 5.97 Å². The molecule has 0 amide bonds. The molecule has 0 aliphatic heterocycles. The Morgan fingerprint density at radius 2 is 1.92 bits per heavy atom. The van der Waals surface area contributed by atoms with E-state index in [9.17, 15) is 23.5 Å². The molecular formula is C16H12F2N4O3. The molecule has 9 heteroatoms. The molecule has 3 aromatic rings. The van der Waals surface area contributed by atoms with Crippen molar-refractivity contribution in [3.63, 3.8) is 0 Å². The van der Waals surface area contributed by atoms with Crippen LogP contribution in [0.1, 0.15) is 22.3 Å². The first-order chi connectivity index (χ1) is 11.9. The minimum absolute atomic E-state index is 0.164. The van der Waals surface area contributed by atoms with Crippen LogP contribution in [0.5, 0.6) is 0 Å². The molecule has 3 rings (SSSR count). The number of aromatic nitrogens is 4. The third-order valence-corrected chi connectivity index (χ3v) is 3.54. The van der Waals surface area contributed by atoms with E-state index in [0.717, 1.165) is 10.7 Å². The van der Waals surface area contributed by atoms with E-state index in [1.165, 1.54) is 41.3 Å². The number of aromatic carboxylic acids is 1. The van der Waals surface area contributed by atoms with Crippen molar-refractivity contribution in [2.45, 2.75) is 6.43 Å². The summed E-state index contributed by atoms with van der Waals surface area (Å²) in [5.74, 6) is -1.41. The van der Waals surface area contributed by atoms with E-state index in [1.807, 2.05) is 0 Å². The van der Waals surface area contributed by atoms with Gasteiger partial charge in [0.25, 0.3) is 12.0 Å². The summed E-state index contributed by atoms with van der Waals surface area (Å²) < 4.78 is 27.7. The van der Waals surface area contributed by atoms with Crippen molar-refractivity contribution in [1.29, 1.82) is 0 Å². The van der Waals surface area contributed by atoms with E-state index in [-0.39, 0.29) is 11.3 Å². The second-order valence-electron chi connectivity index (χ2n) is 5.26. The average Bonchev–Trinajstić information content (AvgIpc) is 3.01. The first-order valence-electron chi connectivity index (χ1n) is 7.12. The van der Waals surface area contributed by atoms with Gasteiger partial charge < -0.3 is 5.11 Å². The van der Waals surface area contributed by atoms with Crippen LogP contribution in [0.2, 0.25) is 0 Å². The molecule has 0 atom stereocenters. The van der Waals surface area contributed by atoms with Gasteiger partial charge in [0, 0.05) is 18.2 Å². The number of hydrogen-bond acceptors (Lipinski definition) is 4. The predicted molar refractivity (Wildman–Crippen MR) is 84.0 cm³/mol. The SMILES string of the molecule is Cn1cc(-n2nc(-c3ccc(C(F)F)cc3)cc(C(=O)O)c2=O)cn1. The predicted octanol–water partition coefficient (Wildman–Crippen LogP) is 2.27. The smallest absolute Gasteiger partial charge is 0.341 e. The Morgan fingerprint density at radius 3 is 2.44 bits per heavy atom. The van der Waals surface area contributed by atoms with Gasteiger partial charge in [0.05, 0.1) is 18.1 Å². The molecule has 0 aliphatic carbocycles. The maximum Gasteiger partial charge on any atom is 0.341 e. The molecule has 0 radical (unpaired) electrons. The highest BCUT2D eigenvalue weighted by atomic mass is 19.3. The van der Waals surface area contributed by atoms with Crippen LogP contribution in [-0.2, 0) is 7.05 Å². The Morgan fingerprint density at radius 1 is 1.24 bits per heavy atom. The molecule has 2 aromatic heterocycles. The Bertz CT molecular complexity index is 993. The van der Waals surface area contributed by atoms with Crippen molar-refractivity contribution in [2.24, 2.45) is 7.05 Å². The first kappa shape index (κ1) is 16.5. The molecule has 0 saturated heterocycles. The minimum atomic E-state index is -2.61. The number of aryl methyl sites for hydroxylation is 1. The van der Waals surface area contributed by atoms with Gasteiger partial charge in [-0.15, -0.1) is 0 Å². The zero-order chi connectivity index (χ0) is 18.1. The highest BCUT2D eigenvalue weighted by Crippen LogP contribution is 2.23. The number of rotatable bonds is 4. The lowest BCUT2D eigenvalue weighted by molar-refractivity contribution is 0.0694. The third kappa shape index (κ3) is 3.16. The molecule has 0 unspecified atom stereocenters. The van der Waals surface area contributed by atoms with Gasteiger partial charge in [-0.05, 0) is 6.07 Å². The molecule has 2 heterocycles.